The minimum absolute atomic E-state index is 0.140. The van der Waals surface area contributed by atoms with Gasteiger partial charge in [0.2, 0.25) is 18.2 Å². The third-order valence-corrected chi connectivity index (χ3v) is 4.60. The first kappa shape index (κ1) is 21.5. The van der Waals surface area contributed by atoms with Crippen LogP contribution in [0.2, 0.25) is 0 Å². The zero-order valence-electron chi connectivity index (χ0n) is 15.8. The molecular formula is C19H25FN4O4. The second-order valence-corrected chi connectivity index (χ2v) is 6.85. The van der Waals surface area contributed by atoms with Crippen molar-refractivity contribution in [1.82, 2.24) is 14.9 Å². The van der Waals surface area contributed by atoms with E-state index in [1.165, 1.54) is 17.0 Å². The highest BCUT2D eigenvalue weighted by Crippen LogP contribution is 2.26. The van der Waals surface area contributed by atoms with Crippen molar-refractivity contribution >= 4 is 24.0 Å². The summed E-state index contributed by atoms with van der Waals surface area (Å²) in [7, 11) is 0. The Kier molecular flexibility index (Phi) is 7.62. The predicted octanol–water partition coefficient (Wildman–Crippen LogP) is 1.97. The number of unbranched alkanes of at least 4 members (excludes halogenated alkanes) is 1. The molecule has 8 nitrogen and oxygen atoms in total. The van der Waals surface area contributed by atoms with Gasteiger partial charge in [0.15, 0.2) is 0 Å². The molecule has 1 aliphatic rings. The van der Waals surface area contributed by atoms with Gasteiger partial charge < -0.3 is 10.2 Å². The highest BCUT2D eigenvalue weighted by Gasteiger charge is 2.39. The lowest BCUT2D eigenvalue weighted by Crippen LogP contribution is -2.47. The molecule has 28 heavy (non-hydrogen) atoms. The first-order valence-electron chi connectivity index (χ1n) is 9.16. The summed E-state index contributed by atoms with van der Waals surface area (Å²) in [5.41, 5.74) is 0.728. The number of carbonyl (C=O) groups excluding carboxylic acids is 3. The molecule has 1 aromatic rings. The first-order valence-corrected chi connectivity index (χ1v) is 9.16. The van der Waals surface area contributed by atoms with Crippen molar-refractivity contribution in [3.63, 3.8) is 0 Å². The molecule has 0 radical (unpaired) electrons. The van der Waals surface area contributed by atoms with Crippen LogP contribution in [0.3, 0.4) is 0 Å². The van der Waals surface area contributed by atoms with E-state index < -0.39 is 23.7 Å². The van der Waals surface area contributed by atoms with Crippen LogP contribution in [0.15, 0.2) is 30.5 Å². The van der Waals surface area contributed by atoms with Gasteiger partial charge in [0.05, 0.1) is 18.7 Å². The molecule has 0 unspecified atom stereocenters. The van der Waals surface area contributed by atoms with E-state index in [1.54, 1.807) is 0 Å². The fraction of sp³-hybridized carbons (Fsp3) is 0.474. The van der Waals surface area contributed by atoms with Gasteiger partial charge in [0, 0.05) is 6.54 Å². The van der Waals surface area contributed by atoms with Gasteiger partial charge in [-0.25, -0.2) is 14.4 Å². The van der Waals surface area contributed by atoms with Crippen molar-refractivity contribution in [3.05, 3.63) is 36.3 Å². The van der Waals surface area contributed by atoms with Crippen molar-refractivity contribution in [3.8, 4) is 0 Å². The molecule has 2 rings (SSSR count). The molecule has 0 saturated carbocycles. The Bertz CT molecular complexity index is 725. The molecule has 0 bridgehead atoms. The van der Waals surface area contributed by atoms with Crippen molar-refractivity contribution in [2.24, 2.45) is 5.92 Å². The van der Waals surface area contributed by atoms with Gasteiger partial charge in [-0.1, -0.05) is 31.9 Å². The van der Waals surface area contributed by atoms with Gasteiger partial charge in [0.25, 0.3) is 0 Å². The molecule has 2 N–H and O–H groups in total. The Morgan fingerprint density at radius 1 is 1.54 bits per heavy atom. The molecule has 3 amide bonds. The van der Waals surface area contributed by atoms with Crippen molar-refractivity contribution < 1.29 is 24.0 Å². The van der Waals surface area contributed by atoms with Crippen LogP contribution in [0.4, 0.5) is 10.2 Å². The molecule has 1 aromatic heterocycles. The fourth-order valence-electron chi connectivity index (χ4n) is 3.17. The Morgan fingerprint density at radius 3 is 2.89 bits per heavy atom. The summed E-state index contributed by atoms with van der Waals surface area (Å²) >= 11 is 0. The van der Waals surface area contributed by atoms with Crippen LogP contribution < -0.4 is 5.32 Å². The maximum Gasteiger partial charge on any atom is 0.248 e. The van der Waals surface area contributed by atoms with E-state index in [9.17, 15) is 24.0 Å². The second kappa shape index (κ2) is 9.93. The number of likely N-dealkylation sites (tertiary alicyclic amines) is 1. The van der Waals surface area contributed by atoms with Gasteiger partial charge in [0.1, 0.15) is 17.7 Å². The Labute approximate surface area is 163 Å². The highest BCUT2D eigenvalue weighted by molar-refractivity contribution is 5.97. The minimum Gasteiger partial charge on any atom is -0.326 e. The number of pyridine rings is 1. The molecule has 152 valence electrons. The van der Waals surface area contributed by atoms with Gasteiger partial charge in [-0.15, -0.1) is 0 Å². The highest BCUT2D eigenvalue weighted by atomic mass is 19.1. The topological polar surface area (TPSA) is 103 Å². The van der Waals surface area contributed by atoms with Crippen LogP contribution in [0.25, 0.3) is 0 Å². The number of anilines is 1. The number of hydrogen-bond donors (Lipinski definition) is 2. The number of aromatic nitrogens is 1. The Hall–Kier alpha value is -2.81. The van der Waals surface area contributed by atoms with Gasteiger partial charge >= 0.3 is 0 Å². The van der Waals surface area contributed by atoms with Crippen LogP contribution in [-0.4, -0.2) is 57.5 Å². The molecule has 1 saturated heterocycles. The standard InChI is InChI=1S/C19H25FN4O4/c1-3-4-5-14(11-23(28)12-25)19(27)24-10-13(2)8-16(24)18(26)22-17-7-6-15(20)9-21-17/h6-7,9,12,14,16,28H,2-5,8,10-11H2,1H3,(H,21,22,26)/t14-,16+/m1/s1. The summed E-state index contributed by atoms with van der Waals surface area (Å²) in [5, 5.41) is 12.6. The van der Waals surface area contributed by atoms with Gasteiger partial charge in [-0.3, -0.25) is 19.6 Å². The molecule has 9 heteroatoms. The fourth-order valence-corrected chi connectivity index (χ4v) is 3.17. The van der Waals surface area contributed by atoms with Gasteiger partial charge in [-0.2, -0.15) is 0 Å². The molecule has 0 aromatic carbocycles. The number of hydrogen-bond acceptors (Lipinski definition) is 5. The zero-order chi connectivity index (χ0) is 20.7. The predicted molar refractivity (Wildman–Crippen MR) is 99.7 cm³/mol. The molecular weight excluding hydrogens is 367 g/mol. The average Bonchev–Trinajstić information content (AvgIpc) is 3.08. The van der Waals surface area contributed by atoms with E-state index in [0.717, 1.165) is 24.6 Å². The van der Waals surface area contributed by atoms with Gasteiger partial charge in [-0.05, 0) is 25.0 Å². The lowest BCUT2D eigenvalue weighted by Gasteiger charge is -2.28. The Balaban J connectivity index is 2.13. The maximum atomic E-state index is 13.0. The van der Waals surface area contributed by atoms with Crippen molar-refractivity contribution in [1.29, 1.82) is 0 Å². The normalized spacial score (nSPS) is 17.3. The summed E-state index contributed by atoms with van der Waals surface area (Å²) < 4.78 is 13.0. The minimum atomic E-state index is -0.778. The van der Waals surface area contributed by atoms with Crippen LogP contribution in [0.5, 0.6) is 0 Å². The third-order valence-electron chi connectivity index (χ3n) is 4.60. The van der Waals surface area contributed by atoms with E-state index >= 15 is 0 Å². The first-order chi connectivity index (χ1) is 13.3. The summed E-state index contributed by atoms with van der Waals surface area (Å²) in [6, 6.07) is 1.73. The van der Waals surface area contributed by atoms with Crippen LogP contribution in [-0.2, 0) is 14.4 Å². The molecule has 1 aliphatic heterocycles. The molecule has 1 fully saturated rings. The molecule has 0 spiro atoms. The smallest absolute Gasteiger partial charge is 0.248 e. The second-order valence-electron chi connectivity index (χ2n) is 6.85. The number of rotatable bonds is 9. The number of nitrogens with one attached hydrogen (secondary N) is 1. The number of hydroxylamine groups is 2. The quantitative estimate of drug-likeness (QED) is 0.289. The van der Waals surface area contributed by atoms with E-state index in [2.05, 4.69) is 16.9 Å². The van der Waals surface area contributed by atoms with E-state index in [0.29, 0.717) is 17.9 Å². The summed E-state index contributed by atoms with van der Waals surface area (Å²) in [6.45, 7) is 5.94. The lowest BCUT2D eigenvalue weighted by molar-refractivity contribution is -0.157. The van der Waals surface area contributed by atoms with E-state index in [1.807, 2.05) is 6.92 Å². The lowest BCUT2D eigenvalue weighted by atomic mass is 9.99. The van der Waals surface area contributed by atoms with Crippen LogP contribution >= 0.6 is 0 Å². The van der Waals surface area contributed by atoms with Crippen LogP contribution in [0, 0.1) is 11.7 Å². The number of halogens is 1. The SMILES string of the molecule is C=C1C[C@@H](C(=O)Nc2ccc(F)cn2)N(C(=O)[C@H](CCCC)CN(O)C=O)C1. The summed E-state index contributed by atoms with van der Waals surface area (Å²) in [5.74, 6) is -1.73. The summed E-state index contributed by atoms with van der Waals surface area (Å²) in [4.78, 5) is 41.7. The third kappa shape index (κ3) is 5.59. The van der Waals surface area contributed by atoms with E-state index in [4.69, 9.17) is 0 Å². The molecule has 2 atom stereocenters. The maximum absolute atomic E-state index is 13.0. The number of carbonyl (C=O) groups is 3. The van der Waals surface area contributed by atoms with Crippen LogP contribution in [0.1, 0.15) is 32.6 Å². The monoisotopic (exact) mass is 392 g/mol. The zero-order valence-corrected chi connectivity index (χ0v) is 15.8. The Morgan fingerprint density at radius 2 is 2.29 bits per heavy atom. The largest absolute Gasteiger partial charge is 0.326 e. The molecule has 2 heterocycles. The number of nitrogens with zero attached hydrogens (tertiary/aromatic N) is 3. The average molecular weight is 392 g/mol. The summed E-state index contributed by atoms with van der Waals surface area (Å²) in [6.07, 6.45) is 3.62. The van der Waals surface area contributed by atoms with Crippen molar-refractivity contribution in [2.75, 3.05) is 18.4 Å². The number of amides is 3. The van der Waals surface area contributed by atoms with Crippen molar-refractivity contribution in [2.45, 2.75) is 38.6 Å². The molecule has 0 aliphatic carbocycles. The van der Waals surface area contributed by atoms with E-state index in [-0.39, 0.29) is 31.2 Å².